The molecule has 1 rings (SSSR count). The predicted molar refractivity (Wildman–Crippen MR) is 49.8 cm³/mol. The summed E-state index contributed by atoms with van der Waals surface area (Å²) in [6.07, 6.45) is -4.69. The predicted octanol–water partition coefficient (Wildman–Crippen LogP) is 1.42. The van der Waals surface area contributed by atoms with Crippen LogP contribution in [-0.2, 0) is 6.18 Å². The van der Waals surface area contributed by atoms with Crippen LogP contribution in [0.15, 0.2) is 12.1 Å². The number of hydrogen-bond acceptors (Lipinski definition) is 3. The fourth-order valence-electron chi connectivity index (χ4n) is 1.26. The van der Waals surface area contributed by atoms with Gasteiger partial charge in [0.2, 0.25) is 0 Å². The molecule has 0 heterocycles. The Morgan fingerprint density at radius 2 is 1.88 bits per heavy atom. The van der Waals surface area contributed by atoms with Gasteiger partial charge in [-0.3, -0.25) is 0 Å². The van der Waals surface area contributed by atoms with Crippen LogP contribution in [0, 0.1) is 5.82 Å². The lowest BCUT2D eigenvalue weighted by Gasteiger charge is -2.17. The molecule has 0 bridgehead atoms. The quantitative estimate of drug-likeness (QED) is 0.539. The Labute approximate surface area is 88.7 Å². The van der Waals surface area contributed by atoms with Crippen LogP contribution in [0.25, 0.3) is 0 Å². The Morgan fingerprint density at radius 1 is 1.31 bits per heavy atom. The molecular formula is C9H10F4N2O. The molecule has 0 saturated heterocycles. The minimum atomic E-state index is -4.69. The fourth-order valence-corrected chi connectivity index (χ4v) is 1.26. The lowest BCUT2D eigenvalue weighted by molar-refractivity contribution is -0.138. The van der Waals surface area contributed by atoms with Crippen molar-refractivity contribution >= 4 is 5.69 Å². The third-order valence-corrected chi connectivity index (χ3v) is 2.07. The zero-order valence-electron chi connectivity index (χ0n) is 8.05. The van der Waals surface area contributed by atoms with Gasteiger partial charge in [-0.15, -0.1) is 0 Å². The molecule has 0 unspecified atom stereocenters. The first-order valence-corrected chi connectivity index (χ1v) is 4.30. The number of aliphatic hydroxyl groups is 1. The number of benzene rings is 1. The number of aliphatic hydroxyl groups excluding tert-OH is 1. The molecule has 0 aliphatic heterocycles. The molecule has 5 N–H and O–H groups in total. The van der Waals surface area contributed by atoms with E-state index in [2.05, 4.69) is 0 Å². The van der Waals surface area contributed by atoms with Crippen LogP contribution < -0.4 is 11.5 Å². The zero-order chi connectivity index (χ0) is 12.5. The van der Waals surface area contributed by atoms with Gasteiger partial charge in [0, 0.05) is 0 Å². The zero-order valence-corrected chi connectivity index (χ0v) is 8.05. The molecule has 7 heteroatoms. The van der Waals surface area contributed by atoms with Crippen molar-refractivity contribution in [2.75, 3.05) is 12.3 Å². The van der Waals surface area contributed by atoms with Gasteiger partial charge < -0.3 is 16.6 Å². The molecule has 0 saturated carbocycles. The summed E-state index contributed by atoms with van der Waals surface area (Å²) in [7, 11) is 0. The summed E-state index contributed by atoms with van der Waals surface area (Å²) in [6, 6.07) is -0.231. The highest BCUT2D eigenvalue weighted by Gasteiger charge is 2.35. The first kappa shape index (κ1) is 12.7. The Kier molecular flexibility index (Phi) is 3.39. The maximum Gasteiger partial charge on any atom is 0.416 e. The van der Waals surface area contributed by atoms with Crippen LogP contribution in [0.4, 0.5) is 23.2 Å². The third kappa shape index (κ3) is 2.42. The number of nitrogens with two attached hydrogens (primary N) is 2. The summed E-state index contributed by atoms with van der Waals surface area (Å²) in [5, 5.41) is 8.69. The fraction of sp³-hybridized carbons (Fsp3) is 0.333. The minimum absolute atomic E-state index is 0.472. The molecule has 0 fully saturated rings. The number of hydrogen-bond donors (Lipinski definition) is 3. The van der Waals surface area contributed by atoms with E-state index in [-0.39, 0.29) is 0 Å². The smallest absolute Gasteiger partial charge is 0.396 e. The average Bonchev–Trinajstić information content (AvgIpc) is 2.18. The summed E-state index contributed by atoms with van der Waals surface area (Å²) in [4.78, 5) is 0. The standard InChI is InChI=1S/C9H10F4N2O/c10-6-1-4(8(15)3-16)5(2-7(6)14)9(11,12)13/h1-2,8,16H,3,14-15H2/t8-/m0/s1. The SMILES string of the molecule is Nc1cc(C(F)(F)F)c([C@@H](N)CO)cc1F. The van der Waals surface area contributed by atoms with E-state index < -0.39 is 41.5 Å². The van der Waals surface area contributed by atoms with Crippen molar-refractivity contribution in [3.8, 4) is 0 Å². The lowest BCUT2D eigenvalue weighted by Crippen LogP contribution is -2.21. The monoisotopic (exact) mass is 238 g/mol. The van der Waals surface area contributed by atoms with Crippen molar-refractivity contribution in [3.05, 3.63) is 29.1 Å². The number of halogens is 4. The van der Waals surface area contributed by atoms with Gasteiger partial charge in [0.15, 0.2) is 0 Å². The van der Waals surface area contributed by atoms with Gasteiger partial charge >= 0.3 is 6.18 Å². The molecular weight excluding hydrogens is 228 g/mol. The van der Waals surface area contributed by atoms with Crippen LogP contribution in [0.3, 0.4) is 0 Å². The van der Waals surface area contributed by atoms with Crippen LogP contribution in [0.1, 0.15) is 17.2 Å². The lowest BCUT2D eigenvalue weighted by atomic mass is 10.00. The molecule has 0 aliphatic rings. The average molecular weight is 238 g/mol. The highest BCUT2D eigenvalue weighted by molar-refractivity contribution is 5.48. The van der Waals surface area contributed by atoms with Crippen molar-refractivity contribution in [1.29, 1.82) is 0 Å². The van der Waals surface area contributed by atoms with E-state index in [4.69, 9.17) is 16.6 Å². The van der Waals surface area contributed by atoms with E-state index in [1.165, 1.54) is 0 Å². The van der Waals surface area contributed by atoms with Gasteiger partial charge in [-0.05, 0) is 17.7 Å². The van der Waals surface area contributed by atoms with Gasteiger partial charge in [0.1, 0.15) is 5.82 Å². The second kappa shape index (κ2) is 4.26. The van der Waals surface area contributed by atoms with E-state index in [1.54, 1.807) is 0 Å². The normalized spacial score (nSPS) is 13.9. The van der Waals surface area contributed by atoms with Crippen molar-refractivity contribution in [2.45, 2.75) is 12.2 Å². The second-order valence-corrected chi connectivity index (χ2v) is 3.25. The van der Waals surface area contributed by atoms with Crippen LogP contribution in [0.2, 0.25) is 0 Å². The van der Waals surface area contributed by atoms with Crippen LogP contribution in [0.5, 0.6) is 0 Å². The van der Waals surface area contributed by atoms with Gasteiger partial charge in [-0.25, -0.2) is 4.39 Å². The third-order valence-electron chi connectivity index (χ3n) is 2.07. The molecule has 1 aromatic carbocycles. The Morgan fingerprint density at radius 3 is 2.31 bits per heavy atom. The van der Waals surface area contributed by atoms with Gasteiger partial charge in [-0.2, -0.15) is 13.2 Å². The van der Waals surface area contributed by atoms with Gasteiger partial charge in [0.25, 0.3) is 0 Å². The molecule has 1 atom stereocenters. The summed E-state index contributed by atoms with van der Waals surface area (Å²) in [5.41, 5.74) is 8.05. The topological polar surface area (TPSA) is 72.3 Å². The number of rotatable bonds is 2. The molecule has 0 aromatic heterocycles. The molecule has 16 heavy (non-hydrogen) atoms. The molecule has 0 aliphatic carbocycles. The Balaban J connectivity index is 3.39. The maximum atomic E-state index is 13.0. The second-order valence-electron chi connectivity index (χ2n) is 3.25. The summed E-state index contributed by atoms with van der Waals surface area (Å²) in [6.45, 7) is -0.716. The van der Waals surface area contributed by atoms with Crippen molar-refractivity contribution in [2.24, 2.45) is 5.73 Å². The molecule has 0 amide bonds. The van der Waals surface area contributed by atoms with Crippen LogP contribution >= 0.6 is 0 Å². The molecule has 0 spiro atoms. The highest BCUT2D eigenvalue weighted by atomic mass is 19.4. The van der Waals surface area contributed by atoms with E-state index in [9.17, 15) is 17.6 Å². The molecule has 0 radical (unpaired) electrons. The maximum absolute atomic E-state index is 13.0. The van der Waals surface area contributed by atoms with Crippen molar-refractivity contribution < 1.29 is 22.7 Å². The first-order chi connectivity index (χ1) is 7.27. The highest BCUT2D eigenvalue weighted by Crippen LogP contribution is 2.36. The van der Waals surface area contributed by atoms with Crippen molar-refractivity contribution in [3.63, 3.8) is 0 Å². The molecule has 1 aromatic rings. The summed E-state index contributed by atoms with van der Waals surface area (Å²) < 4.78 is 50.6. The van der Waals surface area contributed by atoms with Gasteiger partial charge in [-0.1, -0.05) is 0 Å². The summed E-state index contributed by atoms with van der Waals surface area (Å²) >= 11 is 0. The van der Waals surface area contributed by atoms with E-state index in [0.29, 0.717) is 12.1 Å². The van der Waals surface area contributed by atoms with E-state index in [0.717, 1.165) is 0 Å². The largest absolute Gasteiger partial charge is 0.416 e. The number of anilines is 1. The van der Waals surface area contributed by atoms with Crippen molar-refractivity contribution in [1.82, 2.24) is 0 Å². The Bertz CT molecular complexity index is 392. The molecule has 3 nitrogen and oxygen atoms in total. The Hall–Kier alpha value is -1.34. The summed E-state index contributed by atoms with van der Waals surface area (Å²) in [5.74, 6) is -0.994. The van der Waals surface area contributed by atoms with E-state index >= 15 is 0 Å². The van der Waals surface area contributed by atoms with Gasteiger partial charge in [0.05, 0.1) is 23.9 Å². The number of nitrogen functional groups attached to an aromatic ring is 1. The first-order valence-electron chi connectivity index (χ1n) is 4.30. The van der Waals surface area contributed by atoms with E-state index in [1.807, 2.05) is 0 Å². The minimum Gasteiger partial charge on any atom is -0.396 e. The molecule has 90 valence electrons. The van der Waals surface area contributed by atoms with Crippen LogP contribution in [-0.4, -0.2) is 11.7 Å². The number of alkyl halides is 3.